The molecule has 2 amide bonds. The topological polar surface area (TPSA) is 67.4 Å². The Morgan fingerprint density at radius 3 is 2.59 bits per heavy atom. The van der Waals surface area contributed by atoms with Gasteiger partial charge in [-0.25, -0.2) is 0 Å². The van der Waals surface area contributed by atoms with Crippen molar-refractivity contribution >= 4 is 38.9 Å². The number of carbonyl (C=O) groups is 2. The second kappa shape index (κ2) is 10.1. The molecule has 0 saturated heterocycles. The lowest BCUT2D eigenvalue weighted by Gasteiger charge is -2.13. The van der Waals surface area contributed by atoms with Crippen molar-refractivity contribution in [1.82, 2.24) is 5.32 Å². The second-order valence-electron chi connectivity index (χ2n) is 7.40. The number of nitrogens with one attached hydrogen (secondary N) is 2. The van der Waals surface area contributed by atoms with Gasteiger partial charge in [0, 0.05) is 10.3 Å². The molecule has 0 atom stereocenters. The number of carbonyl (C=O) groups excluding carboxylic acids is 2. The summed E-state index contributed by atoms with van der Waals surface area (Å²) >= 11 is 1.62. The molecule has 3 aromatic carbocycles. The summed E-state index contributed by atoms with van der Waals surface area (Å²) in [4.78, 5) is 24.9. The molecule has 0 aliphatic heterocycles. The Balaban J connectivity index is 1.36. The van der Waals surface area contributed by atoms with Crippen LogP contribution in [0.4, 0.5) is 5.69 Å². The fourth-order valence-electron chi connectivity index (χ4n) is 3.36. The van der Waals surface area contributed by atoms with E-state index in [-0.39, 0.29) is 18.4 Å². The maximum atomic E-state index is 12.5. The van der Waals surface area contributed by atoms with Gasteiger partial charge in [-0.1, -0.05) is 37.6 Å². The number of hydrogen-bond donors (Lipinski definition) is 2. The Kier molecular flexibility index (Phi) is 6.82. The van der Waals surface area contributed by atoms with Crippen molar-refractivity contribution in [3.05, 3.63) is 89.3 Å². The van der Waals surface area contributed by atoms with Crippen LogP contribution in [0.2, 0.25) is 0 Å². The minimum Gasteiger partial charge on any atom is -0.455 e. The number of hydrogen-bond acceptors (Lipinski definition) is 4. The molecule has 0 aliphatic carbocycles. The van der Waals surface area contributed by atoms with Crippen LogP contribution in [0.3, 0.4) is 0 Å². The first-order valence-corrected chi connectivity index (χ1v) is 11.4. The number of anilines is 1. The molecule has 32 heavy (non-hydrogen) atoms. The summed E-state index contributed by atoms with van der Waals surface area (Å²) in [6.45, 7) is 2.01. The number of amides is 2. The van der Waals surface area contributed by atoms with Gasteiger partial charge in [0.05, 0.1) is 12.2 Å². The lowest BCUT2D eigenvalue weighted by molar-refractivity contribution is -0.115. The van der Waals surface area contributed by atoms with Crippen LogP contribution in [0.15, 0.2) is 78.2 Å². The monoisotopic (exact) mass is 444 g/mol. The van der Waals surface area contributed by atoms with E-state index < -0.39 is 0 Å². The van der Waals surface area contributed by atoms with E-state index in [1.54, 1.807) is 29.5 Å². The van der Waals surface area contributed by atoms with Crippen LogP contribution < -0.4 is 15.4 Å². The van der Waals surface area contributed by atoms with E-state index in [1.165, 1.54) is 5.56 Å². The van der Waals surface area contributed by atoms with Gasteiger partial charge in [0.2, 0.25) is 5.91 Å². The van der Waals surface area contributed by atoms with Gasteiger partial charge in [-0.15, -0.1) is 11.3 Å². The molecule has 0 radical (unpaired) electrons. The maximum absolute atomic E-state index is 12.5. The van der Waals surface area contributed by atoms with Gasteiger partial charge < -0.3 is 15.4 Å². The first-order valence-electron chi connectivity index (χ1n) is 10.5. The first-order chi connectivity index (χ1) is 15.6. The van der Waals surface area contributed by atoms with Crippen LogP contribution in [0.25, 0.3) is 10.1 Å². The normalized spacial score (nSPS) is 10.7. The zero-order valence-corrected chi connectivity index (χ0v) is 18.6. The minimum atomic E-state index is -0.329. The number of aryl methyl sites for hydroxylation is 1. The van der Waals surface area contributed by atoms with Crippen LogP contribution in [0, 0.1) is 0 Å². The summed E-state index contributed by atoms with van der Waals surface area (Å²) < 4.78 is 7.09. The predicted octanol–water partition coefficient (Wildman–Crippen LogP) is 6.01. The van der Waals surface area contributed by atoms with Crippen molar-refractivity contribution < 1.29 is 14.3 Å². The van der Waals surface area contributed by atoms with E-state index >= 15 is 0 Å². The molecule has 0 spiro atoms. The number of ether oxygens (including phenoxy) is 1. The Morgan fingerprint density at radius 2 is 1.78 bits per heavy atom. The third kappa shape index (κ3) is 5.34. The largest absolute Gasteiger partial charge is 0.455 e. The fraction of sp³-hybridized carbons (Fsp3) is 0.154. The molecule has 0 bridgehead atoms. The number of para-hydroxylation sites is 2. The van der Waals surface area contributed by atoms with Crippen LogP contribution in [-0.2, 0) is 11.2 Å². The quantitative estimate of drug-likeness (QED) is 0.349. The lowest BCUT2D eigenvalue weighted by atomic mass is 10.1. The Hall–Kier alpha value is -3.64. The molecule has 0 unspecified atom stereocenters. The molecule has 4 aromatic rings. The molecule has 0 fully saturated rings. The third-order valence-corrected chi connectivity index (χ3v) is 5.87. The molecule has 4 rings (SSSR count). The van der Waals surface area contributed by atoms with E-state index in [2.05, 4.69) is 17.6 Å². The second-order valence-corrected chi connectivity index (χ2v) is 8.34. The fourth-order valence-corrected chi connectivity index (χ4v) is 4.13. The van der Waals surface area contributed by atoms with Gasteiger partial charge in [0.1, 0.15) is 5.75 Å². The molecule has 162 valence electrons. The zero-order chi connectivity index (χ0) is 22.3. The average molecular weight is 445 g/mol. The third-order valence-electron chi connectivity index (χ3n) is 4.98. The maximum Gasteiger partial charge on any atom is 0.251 e. The minimum absolute atomic E-state index is 0.138. The van der Waals surface area contributed by atoms with Crippen LogP contribution >= 0.6 is 11.3 Å². The van der Waals surface area contributed by atoms with E-state index in [9.17, 15) is 9.59 Å². The van der Waals surface area contributed by atoms with Gasteiger partial charge in [-0.05, 0) is 71.3 Å². The summed E-state index contributed by atoms with van der Waals surface area (Å²) in [5, 5.41) is 8.49. The van der Waals surface area contributed by atoms with Crippen LogP contribution in [-0.4, -0.2) is 18.4 Å². The van der Waals surface area contributed by atoms with E-state index in [0.29, 0.717) is 22.7 Å². The summed E-state index contributed by atoms with van der Waals surface area (Å²) in [6, 6.07) is 22.6. The highest BCUT2D eigenvalue weighted by Gasteiger charge is 2.12. The number of fused-ring (bicyclic) bond motifs is 1. The Labute approximate surface area is 191 Å². The molecule has 1 aromatic heterocycles. The summed E-state index contributed by atoms with van der Waals surface area (Å²) in [5.41, 5.74) is 2.33. The molecule has 2 N–H and O–H groups in total. The van der Waals surface area contributed by atoms with Crippen LogP contribution in [0.5, 0.6) is 11.5 Å². The summed E-state index contributed by atoms with van der Waals surface area (Å²) in [7, 11) is 0. The standard InChI is InChI=1S/C26H24N2O3S/c1-2-5-18-8-11-21(12-9-18)31-23-7-4-3-6-22(23)28-25(29)17-27-26(30)20-10-13-24-19(16-20)14-15-32-24/h3-4,6-16H,2,5,17H2,1H3,(H,27,30)(H,28,29). The molecule has 5 nitrogen and oxygen atoms in total. The van der Waals surface area contributed by atoms with Crippen molar-refractivity contribution in [2.75, 3.05) is 11.9 Å². The lowest BCUT2D eigenvalue weighted by Crippen LogP contribution is -2.32. The SMILES string of the molecule is CCCc1ccc(Oc2ccccc2NC(=O)CNC(=O)c2ccc3sccc3c2)cc1. The Morgan fingerprint density at radius 1 is 0.969 bits per heavy atom. The van der Waals surface area contributed by atoms with Gasteiger partial charge in [0.25, 0.3) is 5.91 Å². The summed E-state index contributed by atoms with van der Waals surface area (Å²) in [6.07, 6.45) is 2.12. The van der Waals surface area contributed by atoms with Crippen molar-refractivity contribution in [3.8, 4) is 11.5 Å². The molecular formula is C26H24N2O3S. The first kappa shape index (κ1) is 21.6. The molecule has 6 heteroatoms. The van der Waals surface area contributed by atoms with Crippen LogP contribution in [0.1, 0.15) is 29.3 Å². The molecule has 0 aliphatic rings. The zero-order valence-electron chi connectivity index (χ0n) is 17.8. The highest BCUT2D eigenvalue weighted by Crippen LogP contribution is 2.29. The molecule has 0 saturated carbocycles. The highest BCUT2D eigenvalue weighted by atomic mass is 32.1. The van der Waals surface area contributed by atoms with Gasteiger partial charge in [0.15, 0.2) is 5.75 Å². The van der Waals surface area contributed by atoms with Gasteiger partial charge in [-0.2, -0.15) is 0 Å². The number of benzene rings is 3. The van der Waals surface area contributed by atoms with Crippen molar-refractivity contribution in [2.24, 2.45) is 0 Å². The van der Waals surface area contributed by atoms with Crippen molar-refractivity contribution in [1.29, 1.82) is 0 Å². The molecule has 1 heterocycles. The highest BCUT2D eigenvalue weighted by molar-refractivity contribution is 7.17. The van der Waals surface area contributed by atoms with E-state index in [4.69, 9.17) is 4.74 Å². The van der Waals surface area contributed by atoms with E-state index in [1.807, 2.05) is 60.0 Å². The number of thiophene rings is 1. The van der Waals surface area contributed by atoms with Crippen molar-refractivity contribution in [2.45, 2.75) is 19.8 Å². The van der Waals surface area contributed by atoms with Crippen molar-refractivity contribution in [3.63, 3.8) is 0 Å². The van der Waals surface area contributed by atoms with Gasteiger partial charge in [-0.3, -0.25) is 9.59 Å². The smallest absolute Gasteiger partial charge is 0.251 e. The average Bonchev–Trinajstić information content (AvgIpc) is 3.28. The van der Waals surface area contributed by atoms with Gasteiger partial charge >= 0.3 is 0 Å². The summed E-state index contributed by atoms with van der Waals surface area (Å²) in [5.74, 6) is 0.622. The number of rotatable bonds is 8. The Bertz CT molecular complexity index is 1230. The molecular weight excluding hydrogens is 420 g/mol. The predicted molar refractivity (Wildman–Crippen MR) is 130 cm³/mol. The van der Waals surface area contributed by atoms with E-state index in [0.717, 1.165) is 22.9 Å².